The first kappa shape index (κ1) is 15.2. The molecule has 0 unspecified atom stereocenters. The zero-order valence-electron chi connectivity index (χ0n) is 11.9. The third-order valence-corrected chi connectivity index (χ3v) is 4.03. The fourth-order valence-corrected chi connectivity index (χ4v) is 2.72. The highest BCUT2D eigenvalue weighted by Crippen LogP contribution is 2.22. The van der Waals surface area contributed by atoms with Gasteiger partial charge in [0.15, 0.2) is 0 Å². The molecule has 0 spiro atoms. The third kappa shape index (κ3) is 3.69. The predicted octanol–water partition coefficient (Wildman–Crippen LogP) is 3.45. The summed E-state index contributed by atoms with van der Waals surface area (Å²) in [7, 11) is 0. The van der Waals surface area contributed by atoms with E-state index in [1.165, 1.54) is 0 Å². The summed E-state index contributed by atoms with van der Waals surface area (Å²) < 4.78 is 3.08. The number of aromatic nitrogens is 2. The van der Waals surface area contributed by atoms with Gasteiger partial charge in [0.2, 0.25) is 0 Å². The Kier molecular flexibility index (Phi) is 5.76. The van der Waals surface area contributed by atoms with Crippen LogP contribution in [0.2, 0.25) is 0 Å². The monoisotopic (exact) mass is 337 g/mol. The second-order valence-corrected chi connectivity index (χ2v) is 5.27. The van der Waals surface area contributed by atoms with Gasteiger partial charge in [-0.1, -0.05) is 37.3 Å². The van der Waals surface area contributed by atoms with E-state index in [4.69, 9.17) is 4.84 Å². The topological polar surface area (TPSA) is 39.1 Å². The molecule has 0 aliphatic heterocycles. The van der Waals surface area contributed by atoms with E-state index in [1.807, 2.05) is 35.0 Å². The van der Waals surface area contributed by atoms with Crippen LogP contribution in [0.1, 0.15) is 30.8 Å². The molecule has 0 amide bonds. The van der Waals surface area contributed by atoms with Crippen LogP contribution in [-0.4, -0.2) is 9.78 Å². The van der Waals surface area contributed by atoms with E-state index >= 15 is 0 Å². The summed E-state index contributed by atoms with van der Waals surface area (Å²) in [5.74, 6) is 0. The van der Waals surface area contributed by atoms with Gasteiger partial charge in [-0.3, -0.25) is 9.52 Å². The van der Waals surface area contributed by atoms with E-state index < -0.39 is 0 Å². The lowest BCUT2D eigenvalue weighted by Gasteiger charge is -2.08. The SMILES string of the molecule is CCc1nn(CC)c(CNOCc2ccccc2)c1Br. The molecule has 5 heteroatoms. The van der Waals surface area contributed by atoms with Gasteiger partial charge in [0, 0.05) is 6.54 Å². The fourth-order valence-electron chi connectivity index (χ4n) is 2.01. The summed E-state index contributed by atoms with van der Waals surface area (Å²) in [5, 5.41) is 4.56. The molecule has 0 radical (unpaired) electrons. The number of rotatable bonds is 7. The van der Waals surface area contributed by atoms with Crippen molar-refractivity contribution in [2.45, 2.75) is 40.0 Å². The lowest BCUT2D eigenvalue weighted by molar-refractivity contribution is 0.0220. The molecule has 1 aromatic carbocycles. The summed E-state index contributed by atoms with van der Waals surface area (Å²) in [5.41, 5.74) is 6.37. The van der Waals surface area contributed by atoms with Crippen molar-refractivity contribution < 1.29 is 4.84 Å². The second kappa shape index (κ2) is 7.57. The molecule has 0 aliphatic carbocycles. The number of nitrogens with zero attached hydrogens (tertiary/aromatic N) is 2. The highest BCUT2D eigenvalue weighted by molar-refractivity contribution is 9.10. The van der Waals surface area contributed by atoms with Gasteiger partial charge < -0.3 is 0 Å². The van der Waals surface area contributed by atoms with Crippen molar-refractivity contribution >= 4 is 15.9 Å². The van der Waals surface area contributed by atoms with E-state index in [9.17, 15) is 0 Å². The molecule has 0 bridgehead atoms. The van der Waals surface area contributed by atoms with Crippen LogP contribution in [0.5, 0.6) is 0 Å². The van der Waals surface area contributed by atoms with Crippen LogP contribution < -0.4 is 5.48 Å². The van der Waals surface area contributed by atoms with Crippen LogP contribution in [-0.2, 0) is 31.0 Å². The maximum absolute atomic E-state index is 5.51. The van der Waals surface area contributed by atoms with E-state index in [0.29, 0.717) is 13.2 Å². The Bertz CT molecular complexity index is 540. The van der Waals surface area contributed by atoms with Gasteiger partial charge in [0.1, 0.15) is 0 Å². The minimum Gasteiger partial charge on any atom is -0.297 e. The molecule has 2 rings (SSSR count). The normalized spacial score (nSPS) is 10.9. The summed E-state index contributed by atoms with van der Waals surface area (Å²) in [4.78, 5) is 5.51. The molecular weight excluding hydrogens is 318 g/mol. The molecule has 0 aliphatic rings. The first-order valence-corrected chi connectivity index (χ1v) is 7.68. The van der Waals surface area contributed by atoms with Gasteiger partial charge in [0.05, 0.1) is 29.0 Å². The van der Waals surface area contributed by atoms with Crippen molar-refractivity contribution in [2.75, 3.05) is 0 Å². The van der Waals surface area contributed by atoms with Crippen LogP contribution >= 0.6 is 15.9 Å². The molecule has 20 heavy (non-hydrogen) atoms. The zero-order valence-corrected chi connectivity index (χ0v) is 13.5. The van der Waals surface area contributed by atoms with Gasteiger partial charge in [-0.15, -0.1) is 0 Å². The van der Waals surface area contributed by atoms with Crippen molar-refractivity contribution in [3.8, 4) is 0 Å². The average molecular weight is 338 g/mol. The molecule has 0 saturated heterocycles. The zero-order chi connectivity index (χ0) is 14.4. The Morgan fingerprint density at radius 3 is 2.65 bits per heavy atom. The number of nitrogens with one attached hydrogen (secondary N) is 1. The second-order valence-electron chi connectivity index (χ2n) is 4.47. The molecule has 1 aromatic heterocycles. The number of hydroxylamine groups is 1. The number of hydrogen-bond acceptors (Lipinski definition) is 3. The van der Waals surface area contributed by atoms with Crippen molar-refractivity contribution in [3.63, 3.8) is 0 Å². The van der Waals surface area contributed by atoms with Gasteiger partial charge in [-0.2, -0.15) is 10.6 Å². The summed E-state index contributed by atoms with van der Waals surface area (Å²) in [6.45, 7) is 6.24. The molecule has 2 aromatic rings. The summed E-state index contributed by atoms with van der Waals surface area (Å²) in [6, 6.07) is 10.1. The largest absolute Gasteiger partial charge is 0.297 e. The summed E-state index contributed by atoms with van der Waals surface area (Å²) >= 11 is 3.62. The minimum atomic E-state index is 0.555. The van der Waals surface area contributed by atoms with E-state index in [2.05, 4.69) is 40.4 Å². The lowest BCUT2D eigenvalue weighted by atomic mass is 10.2. The fraction of sp³-hybridized carbons (Fsp3) is 0.400. The maximum atomic E-state index is 5.51. The highest BCUT2D eigenvalue weighted by atomic mass is 79.9. The Balaban J connectivity index is 1.89. The smallest absolute Gasteiger partial charge is 0.0933 e. The van der Waals surface area contributed by atoms with Crippen LogP contribution in [0.4, 0.5) is 0 Å². The van der Waals surface area contributed by atoms with E-state index in [1.54, 1.807) is 0 Å². The van der Waals surface area contributed by atoms with Crippen LogP contribution in [0.25, 0.3) is 0 Å². The molecular formula is C15H20BrN3O. The molecule has 4 nitrogen and oxygen atoms in total. The Morgan fingerprint density at radius 2 is 2.00 bits per heavy atom. The van der Waals surface area contributed by atoms with E-state index in [-0.39, 0.29) is 0 Å². The van der Waals surface area contributed by atoms with Crippen molar-refractivity contribution in [1.82, 2.24) is 15.3 Å². The quantitative estimate of drug-likeness (QED) is 0.621. The van der Waals surface area contributed by atoms with Crippen molar-refractivity contribution in [3.05, 3.63) is 51.8 Å². The third-order valence-electron chi connectivity index (χ3n) is 3.12. The first-order chi connectivity index (χ1) is 9.76. The Morgan fingerprint density at radius 1 is 1.25 bits per heavy atom. The molecule has 1 heterocycles. The van der Waals surface area contributed by atoms with Gasteiger partial charge in [0.25, 0.3) is 0 Å². The van der Waals surface area contributed by atoms with Gasteiger partial charge in [-0.25, -0.2) is 0 Å². The molecule has 0 atom stereocenters. The lowest BCUT2D eigenvalue weighted by Crippen LogP contribution is -2.17. The van der Waals surface area contributed by atoms with Crippen molar-refractivity contribution in [2.24, 2.45) is 0 Å². The molecule has 0 fully saturated rings. The van der Waals surface area contributed by atoms with Crippen LogP contribution in [0, 0.1) is 0 Å². The molecule has 1 N–H and O–H groups in total. The average Bonchev–Trinajstić information content (AvgIpc) is 2.80. The Labute approximate surface area is 128 Å². The van der Waals surface area contributed by atoms with Crippen LogP contribution in [0.15, 0.2) is 34.8 Å². The number of aryl methyl sites for hydroxylation is 2. The van der Waals surface area contributed by atoms with E-state index in [0.717, 1.165) is 34.4 Å². The number of benzene rings is 1. The van der Waals surface area contributed by atoms with Crippen molar-refractivity contribution in [1.29, 1.82) is 0 Å². The molecule has 108 valence electrons. The maximum Gasteiger partial charge on any atom is 0.0933 e. The first-order valence-electron chi connectivity index (χ1n) is 6.88. The predicted molar refractivity (Wildman–Crippen MR) is 83.0 cm³/mol. The number of hydrogen-bond donors (Lipinski definition) is 1. The molecule has 0 saturated carbocycles. The van der Waals surface area contributed by atoms with Gasteiger partial charge >= 0.3 is 0 Å². The standard InChI is InChI=1S/C15H20BrN3O/c1-3-13-15(16)14(19(4-2)18-13)10-17-20-11-12-8-6-5-7-9-12/h5-9,17H,3-4,10-11H2,1-2H3. The number of halogens is 1. The summed E-state index contributed by atoms with van der Waals surface area (Å²) in [6.07, 6.45) is 0.922. The Hall–Kier alpha value is -1.17. The minimum absolute atomic E-state index is 0.555. The van der Waals surface area contributed by atoms with Gasteiger partial charge in [-0.05, 0) is 34.8 Å². The van der Waals surface area contributed by atoms with Crippen LogP contribution in [0.3, 0.4) is 0 Å². The highest BCUT2D eigenvalue weighted by Gasteiger charge is 2.13.